The fraction of sp³-hybridized carbons (Fsp3) is 1.00. The standard InChI is InChI=1S/C13H28N2/c1-4-12(2)11-14-8-5-13-6-9-15(3)10-7-13/h12-14H,4-11H2,1-3H3. The van der Waals surface area contributed by atoms with E-state index < -0.39 is 0 Å². The molecule has 15 heavy (non-hydrogen) atoms. The zero-order valence-corrected chi connectivity index (χ0v) is 10.8. The Morgan fingerprint density at radius 3 is 2.60 bits per heavy atom. The van der Waals surface area contributed by atoms with Gasteiger partial charge in [-0.25, -0.2) is 0 Å². The molecule has 0 amide bonds. The molecule has 1 N–H and O–H groups in total. The summed E-state index contributed by atoms with van der Waals surface area (Å²) in [5.74, 6) is 1.81. The molecule has 2 nitrogen and oxygen atoms in total. The first-order valence-electron chi connectivity index (χ1n) is 6.61. The molecule has 0 aromatic heterocycles. The van der Waals surface area contributed by atoms with Crippen molar-refractivity contribution < 1.29 is 0 Å². The Hall–Kier alpha value is -0.0800. The van der Waals surface area contributed by atoms with Gasteiger partial charge in [-0.1, -0.05) is 20.3 Å². The van der Waals surface area contributed by atoms with Crippen molar-refractivity contribution >= 4 is 0 Å². The minimum atomic E-state index is 0.836. The molecule has 1 rings (SSSR count). The van der Waals surface area contributed by atoms with Crippen molar-refractivity contribution in [2.24, 2.45) is 11.8 Å². The average Bonchev–Trinajstić information content (AvgIpc) is 2.26. The van der Waals surface area contributed by atoms with Crippen LogP contribution in [-0.2, 0) is 0 Å². The SMILES string of the molecule is CCC(C)CNCCC1CCN(C)CC1. The van der Waals surface area contributed by atoms with Gasteiger partial charge in [0.1, 0.15) is 0 Å². The Morgan fingerprint density at radius 1 is 1.33 bits per heavy atom. The van der Waals surface area contributed by atoms with Gasteiger partial charge in [-0.2, -0.15) is 0 Å². The molecule has 0 radical (unpaired) electrons. The molecule has 0 aromatic carbocycles. The van der Waals surface area contributed by atoms with Gasteiger partial charge in [-0.3, -0.25) is 0 Å². The molecule has 2 heteroatoms. The molecule has 1 heterocycles. The van der Waals surface area contributed by atoms with E-state index in [-0.39, 0.29) is 0 Å². The lowest BCUT2D eigenvalue weighted by Crippen LogP contribution is -2.32. The zero-order valence-electron chi connectivity index (χ0n) is 10.8. The molecular weight excluding hydrogens is 184 g/mol. The first-order chi connectivity index (χ1) is 7.22. The van der Waals surface area contributed by atoms with Crippen LogP contribution in [0.15, 0.2) is 0 Å². The maximum absolute atomic E-state index is 3.58. The predicted molar refractivity (Wildman–Crippen MR) is 67.2 cm³/mol. The van der Waals surface area contributed by atoms with Crippen molar-refractivity contribution in [2.45, 2.75) is 39.5 Å². The molecule has 0 aromatic rings. The largest absolute Gasteiger partial charge is 0.316 e. The molecular formula is C13H28N2. The quantitative estimate of drug-likeness (QED) is 0.680. The van der Waals surface area contributed by atoms with E-state index in [2.05, 4.69) is 31.1 Å². The van der Waals surface area contributed by atoms with E-state index in [9.17, 15) is 0 Å². The molecule has 1 atom stereocenters. The van der Waals surface area contributed by atoms with E-state index in [1.54, 1.807) is 0 Å². The van der Waals surface area contributed by atoms with Gasteiger partial charge in [0, 0.05) is 0 Å². The predicted octanol–water partition coefficient (Wildman–Crippen LogP) is 2.35. The lowest BCUT2D eigenvalue weighted by molar-refractivity contribution is 0.211. The number of nitrogens with one attached hydrogen (secondary N) is 1. The van der Waals surface area contributed by atoms with Gasteiger partial charge >= 0.3 is 0 Å². The van der Waals surface area contributed by atoms with Crippen LogP contribution >= 0.6 is 0 Å². The molecule has 1 aliphatic heterocycles. The van der Waals surface area contributed by atoms with E-state index in [1.807, 2.05) is 0 Å². The normalized spacial score (nSPS) is 21.8. The van der Waals surface area contributed by atoms with Crippen LogP contribution in [0.25, 0.3) is 0 Å². The van der Waals surface area contributed by atoms with Crippen LogP contribution in [-0.4, -0.2) is 38.1 Å². The molecule has 0 bridgehead atoms. The Labute approximate surface area is 95.4 Å². The summed E-state index contributed by atoms with van der Waals surface area (Å²) in [5, 5.41) is 3.58. The summed E-state index contributed by atoms with van der Waals surface area (Å²) in [4.78, 5) is 2.45. The molecule has 1 unspecified atom stereocenters. The smallest absolute Gasteiger partial charge is 0.00191 e. The Bertz CT molecular complexity index is 151. The fourth-order valence-electron chi connectivity index (χ4n) is 2.15. The molecule has 0 spiro atoms. The van der Waals surface area contributed by atoms with Gasteiger partial charge in [-0.15, -0.1) is 0 Å². The summed E-state index contributed by atoms with van der Waals surface area (Å²) in [7, 11) is 2.23. The minimum absolute atomic E-state index is 0.836. The first kappa shape index (κ1) is 13.0. The van der Waals surface area contributed by atoms with Crippen molar-refractivity contribution in [2.75, 3.05) is 33.2 Å². The highest BCUT2D eigenvalue weighted by molar-refractivity contribution is 4.70. The number of hydrogen-bond acceptors (Lipinski definition) is 2. The average molecular weight is 212 g/mol. The van der Waals surface area contributed by atoms with Crippen LogP contribution < -0.4 is 5.32 Å². The molecule has 0 saturated carbocycles. The highest BCUT2D eigenvalue weighted by Crippen LogP contribution is 2.18. The number of nitrogens with zero attached hydrogens (tertiary/aromatic N) is 1. The lowest BCUT2D eigenvalue weighted by Gasteiger charge is -2.29. The molecule has 1 aliphatic rings. The summed E-state index contributed by atoms with van der Waals surface area (Å²) >= 11 is 0. The van der Waals surface area contributed by atoms with Crippen LogP contribution in [0.4, 0.5) is 0 Å². The Morgan fingerprint density at radius 2 is 2.00 bits per heavy atom. The zero-order chi connectivity index (χ0) is 11.1. The maximum atomic E-state index is 3.58. The summed E-state index contributed by atoms with van der Waals surface area (Å²) in [6.45, 7) is 9.61. The number of piperidine rings is 1. The maximum Gasteiger partial charge on any atom is -0.00191 e. The molecule has 1 fully saturated rings. The van der Waals surface area contributed by atoms with E-state index in [1.165, 1.54) is 51.9 Å². The van der Waals surface area contributed by atoms with Gasteiger partial charge < -0.3 is 10.2 Å². The van der Waals surface area contributed by atoms with Crippen molar-refractivity contribution in [1.29, 1.82) is 0 Å². The van der Waals surface area contributed by atoms with Crippen LogP contribution in [0, 0.1) is 11.8 Å². The van der Waals surface area contributed by atoms with E-state index in [0.717, 1.165) is 11.8 Å². The second-order valence-electron chi connectivity index (χ2n) is 5.25. The second-order valence-corrected chi connectivity index (χ2v) is 5.25. The lowest BCUT2D eigenvalue weighted by atomic mass is 9.94. The van der Waals surface area contributed by atoms with Gasteiger partial charge in [0.25, 0.3) is 0 Å². The van der Waals surface area contributed by atoms with Gasteiger partial charge in [0.2, 0.25) is 0 Å². The van der Waals surface area contributed by atoms with Crippen molar-refractivity contribution in [3.63, 3.8) is 0 Å². The van der Waals surface area contributed by atoms with E-state index in [0.29, 0.717) is 0 Å². The second kappa shape index (κ2) is 7.24. The monoisotopic (exact) mass is 212 g/mol. The molecule has 0 aliphatic carbocycles. The third-order valence-electron chi connectivity index (χ3n) is 3.76. The van der Waals surface area contributed by atoms with Crippen LogP contribution in [0.5, 0.6) is 0 Å². The van der Waals surface area contributed by atoms with Gasteiger partial charge in [-0.05, 0) is 64.3 Å². The Balaban J connectivity index is 1.96. The number of likely N-dealkylation sites (tertiary alicyclic amines) is 1. The third-order valence-corrected chi connectivity index (χ3v) is 3.76. The van der Waals surface area contributed by atoms with Crippen LogP contribution in [0.1, 0.15) is 39.5 Å². The first-order valence-corrected chi connectivity index (χ1v) is 6.61. The van der Waals surface area contributed by atoms with Gasteiger partial charge in [0.05, 0.1) is 0 Å². The van der Waals surface area contributed by atoms with Crippen molar-refractivity contribution in [1.82, 2.24) is 10.2 Å². The summed E-state index contributed by atoms with van der Waals surface area (Å²) in [6.07, 6.45) is 5.48. The number of hydrogen-bond donors (Lipinski definition) is 1. The highest BCUT2D eigenvalue weighted by atomic mass is 15.1. The van der Waals surface area contributed by atoms with Gasteiger partial charge in [0.15, 0.2) is 0 Å². The summed E-state index contributed by atoms with van der Waals surface area (Å²) < 4.78 is 0. The highest BCUT2D eigenvalue weighted by Gasteiger charge is 2.15. The van der Waals surface area contributed by atoms with E-state index in [4.69, 9.17) is 0 Å². The van der Waals surface area contributed by atoms with Crippen LogP contribution in [0.3, 0.4) is 0 Å². The van der Waals surface area contributed by atoms with Crippen LogP contribution in [0.2, 0.25) is 0 Å². The van der Waals surface area contributed by atoms with Crippen molar-refractivity contribution in [3.05, 3.63) is 0 Å². The Kier molecular flexibility index (Phi) is 6.26. The topological polar surface area (TPSA) is 15.3 Å². The summed E-state index contributed by atoms with van der Waals surface area (Å²) in [5.41, 5.74) is 0. The molecule has 1 saturated heterocycles. The third kappa shape index (κ3) is 5.53. The molecule has 90 valence electrons. The fourth-order valence-corrected chi connectivity index (χ4v) is 2.15. The number of rotatable bonds is 6. The minimum Gasteiger partial charge on any atom is -0.316 e. The van der Waals surface area contributed by atoms with Crippen molar-refractivity contribution in [3.8, 4) is 0 Å². The summed E-state index contributed by atoms with van der Waals surface area (Å²) in [6, 6.07) is 0. The van der Waals surface area contributed by atoms with E-state index >= 15 is 0 Å².